The van der Waals surface area contributed by atoms with Crippen molar-refractivity contribution < 1.29 is 4.74 Å². The Morgan fingerprint density at radius 1 is 1.50 bits per heavy atom. The Hall–Kier alpha value is -1.25. The van der Waals surface area contributed by atoms with Crippen LogP contribution in [-0.4, -0.2) is 18.1 Å². The van der Waals surface area contributed by atoms with Crippen LogP contribution < -0.4 is 10.1 Å². The molecule has 2 atom stereocenters. The van der Waals surface area contributed by atoms with E-state index in [4.69, 9.17) is 4.74 Å². The molecule has 1 fully saturated rings. The number of methoxy groups -OCH3 is 1. The Labute approximate surface area is 84.5 Å². The Morgan fingerprint density at radius 3 is 2.93 bits per heavy atom. The topological polar surface area (TPSA) is 34.1 Å². The van der Waals surface area contributed by atoms with E-state index in [2.05, 4.69) is 17.2 Å². The molecule has 3 heteroatoms. The second-order valence-electron chi connectivity index (χ2n) is 3.88. The van der Waals surface area contributed by atoms with Crippen molar-refractivity contribution in [3.63, 3.8) is 0 Å². The van der Waals surface area contributed by atoms with Gasteiger partial charge in [-0.2, -0.15) is 0 Å². The van der Waals surface area contributed by atoms with Gasteiger partial charge >= 0.3 is 0 Å². The molecule has 1 aromatic heterocycles. The summed E-state index contributed by atoms with van der Waals surface area (Å²) in [6, 6.07) is 2.47. The number of hydrogen-bond acceptors (Lipinski definition) is 3. The van der Waals surface area contributed by atoms with Crippen LogP contribution in [0.1, 0.15) is 19.8 Å². The van der Waals surface area contributed by atoms with E-state index in [1.54, 1.807) is 13.3 Å². The van der Waals surface area contributed by atoms with Crippen molar-refractivity contribution in [2.45, 2.75) is 25.8 Å². The summed E-state index contributed by atoms with van der Waals surface area (Å²) in [6.45, 7) is 2.27. The third kappa shape index (κ3) is 1.67. The van der Waals surface area contributed by atoms with Crippen LogP contribution in [0.5, 0.6) is 5.75 Å². The van der Waals surface area contributed by atoms with E-state index < -0.39 is 0 Å². The van der Waals surface area contributed by atoms with E-state index in [1.807, 2.05) is 12.3 Å². The molecule has 1 aromatic rings. The molecule has 2 rings (SSSR count). The molecule has 1 aliphatic carbocycles. The molecule has 76 valence electrons. The van der Waals surface area contributed by atoms with E-state index in [-0.39, 0.29) is 0 Å². The van der Waals surface area contributed by atoms with Crippen molar-refractivity contribution in [2.75, 3.05) is 12.4 Å². The predicted octanol–water partition coefficient (Wildman–Crippen LogP) is 2.30. The zero-order valence-corrected chi connectivity index (χ0v) is 8.66. The van der Waals surface area contributed by atoms with Crippen LogP contribution in [0, 0.1) is 5.92 Å². The highest BCUT2D eigenvalue weighted by atomic mass is 16.5. The van der Waals surface area contributed by atoms with Gasteiger partial charge in [-0.05, 0) is 18.8 Å². The molecule has 1 heterocycles. The number of aromatic nitrogens is 1. The molecule has 1 N–H and O–H groups in total. The highest BCUT2D eigenvalue weighted by Crippen LogP contribution is 2.32. The van der Waals surface area contributed by atoms with Gasteiger partial charge in [0.15, 0.2) is 0 Å². The van der Waals surface area contributed by atoms with E-state index in [0.717, 1.165) is 17.4 Å². The maximum absolute atomic E-state index is 5.25. The lowest BCUT2D eigenvalue weighted by molar-refractivity contribution is 0.302. The number of rotatable bonds is 3. The summed E-state index contributed by atoms with van der Waals surface area (Å²) in [5.41, 5.74) is 1.01. The summed E-state index contributed by atoms with van der Waals surface area (Å²) in [5, 5.41) is 3.46. The lowest BCUT2D eigenvalue weighted by Crippen LogP contribution is -2.36. The second-order valence-corrected chi connectivity index (χ2v) is 3.88. The van der Waals surface area contributed by atoms with Gasteiger partial charge < -0.3 is 10.1 Å². The first kappa shape index (κ1) is 9.31. The third-order valence-electron chi connectivity index (χ3n) is 2.96. The molecule has 1 aliphatic rings. The molecule has 0 radical (unpaired) electrons. The zero-order chi connectivity index (χ0) is 9.97. The van der Waals surface area contributed by atoms with E-state index >= 15 is 0 Å². The van der Waals surface area contributed by atoms with Crippen LogP contribution >= 0.6 is 0 Å². The van der Waals surface area contributed by atoms with E-state index in [1.165, 1.54) is 12.8 Å². The lowest BCUT2D eigenvalue weighted by atomic mass is 9.81. The fourth-order valence-corrected chi connectivity index (χ4v) is 1.75. The van der Waals surface area contributed by atoms with E-state index in [9.17, 15) is 0 Å². The van der Waals surface area contributed by atoms with Gasteiger partial charge in [0.2, 0.25) is 0 Å². The van der Waals surface area contributed by atoms with Gasteiger partial charge in [-0.1, -0.05) is 6.92 Å². The first-order chi connectivity index (χ1) is 6.81. The first-order valence-corrected chi connectivity index (χ1v) is 5.06. The number of ether oxygens (including phenoxy) is 1. The lowest BCUT2D eigenvalue weighted by Gasteiger charge is -2.35. The van der Waals surface area contributed by atoms with Crippen molar-refractivity contribution in [3.8, 4) is 5.75 Å². The van der Waals surface area contributed by atoms with Gasteiger partial charge in [0.05, 0.1) is 19.0 Å². The zero-order valence-electron chi connectivity index (χ0n) is 8.66. The quantitative estimate of drug-likeness (QED) is 0.798. The minimum atomic E-state index is 0.591. The SMILES string of the molecule is COc1ccncc1NC1CCC1C. The van der Waals surface area contributed by atoms with Crippen LogP contribution in [0.3, 0.4) is 0 Å². The number of nitrogens with one attached hydrogen (secondary N) is 1. The van der Waals surface area contributed by atoms with Crippen LogP contribution in [0.4, 0.5) is 5.69 Å². The van der Waals surface area contributed by atoms with Crippen molar-refractivity contribution >= 4 is 5.69 Å². The van der Waals surface area contributed by atoms with Crippen molar-refractivity contribution in [2.24, 2.45) is 5.92 Å². The Kier molecular flexibility index (Phi) is 2.57. The molecule has 0 bridgehead atoms. The van der Waals surface area contributed by atoms with Gasteiger partial charge in [0.1, 0.15) is 5.75 Å². The minimum Gasteiger partial charge on any atom is -0.494 e. The van der Waals surface area contributed by atoms with Crippen LogP contribution in [0.2, 0.25) is 0 Å². The van der Waals surface area contributed by atoms with Gasteiger partial charge in [-0.15, -0.1) is 0 Å². The Balaban J connectivity index is 2.07. The average molecular weight is 192 g/mol. The van der Waals surface area contributed by atoms with Gasteiger partial charge in [0, 0.05) is 18.3 Å². The molecule has 0 saturated heterocycles. The number of anilines is 1. The summed E-state index contributed by atoms with van der Waals surface area (Å²) in [6.07, 6.45) is 6.14. The van der Waals surface area contributed by atoms with Gasteiger partial charge in [-0.3, -0.25) is 4.98 Å². The molecule has 1 saturated carbocycles. The molecule has 2 unspecified atom stereocenters. The summed E-state index contributed by atoms with van der Waals surface area (Å²) < 4.78 is 5.25. The molecule has 0 aliphatic heterocycles. The highest BCUT2D eigenvalue weighted by Gasteiger charge is 2.26. The standard InChI is InChI=1S/C11H16N2O/c1-8-3-4-9(8)13-10-7-12-6-5-11(10)14-2/h5-9,13H,3-4H2,1-2H3. The average Bonchev–Trinajstić information content (AvgIpc) is 2.24. The molecule has 14 heavy (non-hydrogen) atoms. The summed E-state index contributed by atoms with van der Waals surface area (Å²) in [7, 11) is 1.69. The van der Waals surface area contributed by atoms with E-state index in [0.29, 0.717) is 6.04 Å². The maximum atomic E-state index is 5.25. The fourth-order valence-electron chi connectivity index (χ4n) is 1.75. The van der Waals surface area contributed by atoms with Gasteiger partial charge in [-0.25, -0.2) is 0 Å². The fraction of sp³-hybridized carbons (Fsp3) is 0.545. The van der Waals surface area contributed by atoms with Crippen molar-refractivity contribution in [1.82, 2.24) is 4.98 Å². The van der Waals surface area contributed by atoms with Gasteiger partial charge in [0.25, 0.3) is 0 Å². The number of pyridine rings is 1. The normalized spacial score (nSPS) is 25.3. The van der Waals surface area contributed by atoms with Crippen LogP contribution in [0.15, 0.2) is 18.5 Å². The number of nitrogens with zero attached hydrogens (tertiary/aromatic N) is 1. The Bertz CT molecular complexity index is 314. The summed E-state index contributed by atoms with van der Waals surface area (Å²) >= 11 is 0. The summed E-state index contributed by atoms with van der Waals surface area (Å²) in [4.78, 5) is 4.09. The molecule has 0 amide bonds. The van der Waals surface area contributed by atoms with Crippen LogP contribution in [-0.2, 0) is 0 Å². The van der Waals surface area contributed by atoms with Crippen LogP contribution in [0.25, 0.3) is 0 Å². The van der Waals surface area contributed by atoms with Crippen molar-refractivity contribution in [1.29, 1.82) is 0 Å². The molecule has 0 spiro atoms. The monoisotopic (exact) mass is 192 g/mol. The smallest absolute Gasteiger partial charge is 0.145 e. The molecular formula is C11H16N2O. The largest absolute Gasteiger partial charge is 0.494 e. The van der Waals surface area contributed by atoms with Crippen molar-refractivity contribution in [3.05, 3.63) is 18.5 Å². The molecular weight excluding hydrogens is 176 g/mol. The molecule has 0 aromatic carbocycles. The third-order valence-corrected chi connectivity index (χ3v) is 2.96. The molecule has 3 nitrogen and oxygen atoms in total. The minimum absolute atomic E-state index is 0.591. The second kappa shape index (κ2) is 3.86. The summed E-state index contributed by atoms with van der Waals surface area (Å²) in [5.74, 6) is 1.64. The Morgan fingerprint density at radius 2 is 2.36 bits per heavy atom. The predicted molar refractivity (Wildman–Crippen MR) is 56.6 cm³/mol. The highest BCUT2D eigenvalue weighted by molar-refractivity contribution is 5.55. The maximum Gasteiger partial charge on any atom is 0.145 e. The number of hydrogen-bond donors (Lipinski definition) is 1. The first-order valence-electron chi connectivity index (χ1n) is 5.06.